The number of hydrogen-bond donors (Lipinski definition) is 1. The predicted octanol–water partition coefficient (Wildman–Crippen LogP) is 1.47. The van der Waals surface area contributed by atoms with Gasteiger partial charge in [-0.15, -0.1) is 0 Å². The van der Waals surface area contributed by atoms with Crippen molar-refractivity contribution in [1.82, 2.24) is 10.2 Å². The summed E-state index contributed by atoms with van der Waals surface area (Å²) in [5.41, 5.74) is 2.83. The van der Waals surface area contributed by atoms with E-state index in [0.717, 1.165) is 39.0 Å². The van der Waals surface area contributed by atoms with Crippen LogP contribution in [0.15, 0.2) is 24.3 Å². The Balaban J connectivity index is 1.66. The summed E-state index contributed by atoms with van der Waals surface area (Å²) >= 11 is 0. The SMILES string of the molecule is CC(C(=O)N1CCc2ccccc2CC1)C1CNC1. The van der Waals surface area contributed by atoms with Crippen LogP contribution in [0, 0.1) is 11.8 Å². The van der Waals surface area contributed by atoms with Gasteiger partial charge in [-0.1, -0.05) is 31.2 Å². The van der Waals surface area contributed by atoms with Crippen LogP contribution in [0.2, 0.25) is 0 Å². The highest BCUT2D eigenvalue weighted by Crippen LogP contribution is 2.21. The molecular formula is C16H22N2O. The third-order valence-corrected chi connectivity index (χ3v) is 4.64. The molecule has 2 aliphatic rings. The molecule has 0 aliphatic carbocycles. The summed E-state index contributed by atoms with van der Waals surface area (Å²) in [7, 11) is 0. The Kier molecular flexibility index (Phi) is 3.56. The Morgan fingerprint density at radius 1 is 1.21 bits per heavy atom. The molecule has 2 aliphatic heterocycles. The molecule has 3 heteroatoms. The first-order valence-corrected chi connectivity index (χ1v) is 7.32. The lowest BCUT2D eigenvalue weighted by Crippen LogP contribution is -2.50. The summed E-state index contributed by atoms with van der Waals surface area (Å²) in [5.74, 6) is 1.06. The van der Waals surface area contributed by atoms with Gasteiger partial charge in [0.1, 0.15) is 0 Å². The first-order chi connectivity index (χ1) is 9.25. The van der Waals surface area contributed by atoms with Gasteiger partial charge in [-0.25, -0.2) is 0 Å². The molecule has 0 aromatic heterocycles. The van der Waals surface area contributed by atoms with Crippen LogP contribution in [0.1, 0.15) is 18.1 Å². The molecular weight excluding hydrogens is 236 g/mol. The van der Waals surface area contributed by atoms with Crippen LogP contribution >= 0.6 is 0 Å². The summed E-state index contributed by atoms with van der Waals surface area (Å²) in [5, 5.41) is 3.26. The lowest BCUT2D eigenvalue weighted by molar-refractivity contribution is -0.137. The standard InChI is InChI=1S/C16H22N2O/c1-12(15-10-17-11-15)16(19)18-8-6-13-4-2-3-5-14(13)7-9-18/h2-5,12,15,17H,6-11H2,1H3. The van der Waals surface area contributed by atoms with Crippen molar-refractivity contribution in [1.29, 1.82) is 0 Å². The van der Waals surface area contributed by atoms with E-state index in [-0.39, 0.29) is 5.92 Å². The molecule has 3 rings (SSSR count). The quantitative estimate of drug-likeness (QED) is 0.871. The summed E-state index contributed by atoms with van der Waals surface area (Å²) < 4.78 is 0. The van der Waals surface area contributed by atoms with Gasteiger partial charge in [0, 0.05) is 19.0 Å². The predicted molar refractivity (Wildman–Crippen MR) is 76.0 cm³/mol. The Bertz CT molecular complexity index is 441. The zero-order valence-corrected chi connectivity index (χ0v) is 11.6. The van der Waals surface area contributed by atoms with Crippen LogP contribution in [-0.2, 0) is 17.6 Å². The van der Waals surface area contributed by atoms with E-state index in [0.29, 0.717) is 11.8 Å². The van der Waals surface area contributed by atoms with Crippen molar-refractivity contribution in [3.8, 4) is 0 Å². The number of hydrogen-bond acceptors (Lipinski definition) is 2. The topological polar surface area (TPSA) is 32.3 Å². The fourth-order valence-corrected chi connectivity index (χ4v) is 3.04. The summed E-state index contributed by atoms with van der Waals surface area (Å²) in [6.45, 7) is 5.84. The van der Waals surface area contributed by atoms with Crippen molar-refractivity contribution in [2.24, 2.45) is 11.8 Å². The zero-order chi connectivity index (χ0) is 13.2. The first-order valence-electron chi connectivity index (χ1n) is 7.32. The van der Waals surface area contributed by atoms with Crippen LogP contribution in [-0.4, -0.2) is 37.0 Å². The minimum absolute atomic E-state index is 0.169. The second-order valence-corrected chi connectivity index (χ2v) is 5.80. The normalized spacial score (nSPS) is 21.2. The number of fused-ring (bicyclic) bond motifs is 1. The number of amides is 1. The molecule has 3 nitrogen and oxygen atoms in total. The van der Waals surface area contributed by atoms with E-state index in [9.17, 15) is 4.79 Å². The molecule has 19 heavy (non-hydrogen) atoms. The number of carbonyl (C=O) groups is 1. The van der Waals surface area contributed by atoms with Crippen molar-refractivity contribution in [3.05, 3.63) is 35.4 Å². The van der Waals surface area contributed by atoms with Crippen LogP contribution in [0.4, 0.5) is 0 Å². The second kappa shape index (κ2) is 5.33. The zero-order valence-electron chi connectivity index (χ0n) is 11.6. The molecule has 0 radical (unpaired) electrons. The fraction of sp³-hybridized carbons (Fsp3) is 0.562. The van der Waals surface area contributed by atoms with Crippen molar-refractivity contribution < 1.29 is 4.79 Å². The highest BCUT2D eigenvalue weighted by atomic mass is 16.2. The van der Waals surface area contributed by atoms with Gasteiger partial charge in [-0.2, -0.15) is 0 Å². The molecule has 1 aromatic carbocycles. The van der Waals surface area contributed by atoms with Crippen molar-refractivity contribution >= 4 is 5.91 Å². The summed E-state index contributed by atoms with van der Waals surface area (Å²) in [4.78, 5) is 14.6. The van der Waals surface area contributed by atoms with Gasteiger partial charge in [0.2, 0.25) is 5.91 Å². The number of rotatable bonds is 2. The van der Waals surface area contributed by atoms with Crippen LogP contribution in [0.3, 0.4) is 0 Å². The van der Waals surface area contributed by atoms with E-state index in [4.69, 9.17) is 0 Å². The highest BCUT2D eigenvalue weighted by molar-refractivity contribution is 5.79. The lowest BCUT2D eigenvalue weighted by Gasteiger charge is -2.34. The average molecular weight is 258 g/mol. The molecule has 0 spiro atoms. The Labute approximate surface area is 115 Å². The Morgan fingerprint density at radius 2 is 1.79 bits per heavy atom. The molecule has 1 amide bonds. The fourth-order valence-electron chi connectivity index (χ4n) is 3.04. The Morgan fingerprint density at radius 3 is 2.26 bits per heavy atom. The van der Waals surface area contributed by atoms with E-state index < -0.39 is 0 Å². The molecule has 102 valence electrons. The van der Waals surface area contributed by atoms with E-state index in [2.05, 4.69) is 41.4 Å². The van der Waals surface area contributed by atoms with Crippen molar-refractivity contribution in [3.63, 3.8) is 0 Å². The lowest BCUT2D eigenvalue weighted by atomic mass is 9.88. The second-order valence-electron chi connectivity index (χ2n) is 5.80. The first kappa shape index (κ1) is 12.7. The number of nitrogens with one attached hydrogen (secondary N) is 1. The van der Waals surface area contributed by atoms with Gasteiger partial charge in [0.15, 0.2) is 0 Å². The largest absolute Gasteiger partial charge is 0.342 e. The van der Waals surface area contributed by atoms with E-state index in [1.54, 1.807) is 0 Å². The molecule has 1 N–H and O–H groups in total. The molecule has 2 heterocycles. The smallest absolute Gasteiger partial charge is 0.225 e. The summed E-state index contributed by atoms with van der Waals surface area (Å²) in [6.07, 6.45) is 2.00. The highest BCUT2D eigenvalue weighted by Gasteiger charge is 2.31. The molecule has 1 saturated heterocycles. The Hall–Kier alpha value is -1.35. The third-order valence-electron chi connectivity index (χ3n) is 4.64. The molecule has 0 saturated carbocycles. The number of nitrogens with zero attached hydrogens (tertiary/aromatic N) is 1. The van der Waals surface area contributed by atoms with Crippen molar-refractivity contribution in [2.45, 2.75) is 19.8 Å². The minimum atomic E-state index is 0.169. The van der Waals surface area contributed by atoms with Gasteiger partial charge >= 0.3 is 0 Å². The molecule has 1 unspecified atom stereocenters. The van der Waals surface area contributed by atoms with Gasteiger partial charge in [-0.05, 0) is 43.0 Å². The van der Waals surface area contributed by atoms with E-state index in [1.807, 2.05) is 0 Å². The maximum Gasteiger partial charge on any atom is 0.225 e. The van der Waals surface area contributed by atoms with Crippen LogP contribution < -0.4 is 5.32 Å². The van der Waals surface area contributed by atoms with E-state index >= 15 is 0 Å². The maximum absolute atomic E-state index is 12.5. The van der Waals surface area contributed by atoms with Crippen LogP contribution in [0.5, 0.6) is 0 Å². The van der Waals surface area contributed by atoms with Crippen molar-refractivity contribution in [2.75, 3.05) is 26.2 Å². The van der Waals surface area contributed by atoms with Gasteiger partial charge in [0.05, 0.1) is 0 Å². The average Bonchev–Trinajstić information content (AvgIpc) is 2.58. The van der Waals surface area contributed by atoms with Gasteiger partial charge < -0.3 is 10.2 Å². The molecule has 1 fully saturated rings. The minimum Gasteiger partial charge on any atom is -0.342 e. The third kappa shape index (κ3) is 2.52. The van der Waals surface area contributed by atoms with E-state index in [1.165, 1.54) is 11.1 Å². The molecule has 1 aromatic rings. The van der Waals surface area contributed by atoms with Gasteiger partial charge in [0.25, 0.3) is 0 Å². The number of benzene rings is 1. The monoisotopic (exact) mass is 258 g/mol. The molecule has 1 atom stereocenters. The molecule has 0 bridgehead atoms. The maximum atomic E-state index is 12.5. The summed E-state index contributed by atoms with van der Waals surface area (Å²) in [6, 6.07) is 8.59. The van der Waals surface area contributed by atoms with Gasteiger partial charge in [-0.3, -0.25) is 4.79 Å². The number of carbonyl (C=O) groups excluding carboxylic acids is 1. The van der Waals surface area contributed by atoms with Crippen LogP contribution in [0.25, 0.3) is 0 Å².